The number of hydrogen-bond acceptors (Lipinski definition) is 2. The summed E-state index contributed by atoms with van der Waals surface area (Å²) in [6.07, 6.45) is 0.424. The highest BCUT2D eigenvalue weighted by Crippen LogP contribution is 2.24. The van der Waals surface area contributed by atoms with E-state index < -0.39 is 0 Å². The van der Waals surface area contributed by atoms with Gasteiger partial charge in [0.15, 0.2) is 0 Å². The molecule has 0 saturated carbocycles. The summed E-state index contributed by atoms with van der Waals surface area (Å²) in [7, 11) is 0. The van der Waals surface area contributed by atoms with E-state index in [-0.39, 0.29) is 12.4 Å². The Bertz CT molecular complexity index is 507. The number of benzene rings is 1. The molecule has 2 atom stereocenters. The smallest absolute Gasteiger partial charge is 0.124 e. The van der Waals surface area contributed by atoms with E-state index >= 15 is 0 Å². The summed E-state index contributed by atoms with van der Waals surface area (Å²) in [5.74, 6) is 6.90. The van der Waals surface area contributed by atoms with Crippen LogP contribution in [0.3, 0.4) is 0 Å². The van der Waals surface area contributed by atoms with Crippen LogP contribution in [0, 0.1) is 29.5 Å². The van der Waals surface area contributed by atoms with E-state index in [9.17, 15) is 4.39 Å². The Balaban J connectivity index is 2.07. The highest BCUT2D eigenvalue weighted by molar-refractivity contribution is 5.37. The van der Waals surface area contributed by atoms with Gasteiger partial charge in [0.25, 0.3) is 0 Å². The molecule has 1 heterocycles. The SMILES string of the molecule is CC1CN(Cc2cc(F)cc(C#CCCO)c2)CC1C. The maximum Gasteiger partial charge on any atom is 0.124 e. The molecule has 0 spiro atoms. The van der Waals surface area contributed by atoms with Crippen LogP contribution in [-0.4, -0.2) is 29.7 Å². The topological polar surface area (TPSA) is 23.5 Å². The molecule has 2 rings (SSSR count). The Morgan fingerprint density at radius 2 is 1.95 bits per heavy atom. The summed E-state index contributed by atoms with van der Waals surface area (Å²) in [5, 5.41) is 8.71. The molecule has 1 N–H and O–H groups in total. The Labute approximate surface area is 120 Å². The van der Waals surface area contributed by atoms with Crippen LogP contribution in [0.15, 0.2) is 18.2 Å². The zero-order valence-electron chi connectivity index (χ0n) is 12.2. The van der Waals surface area contributed by atoms with Crippen molar-refractivity contribution in [2.45, 2.75) is 26.8 Å². The minimum absolute atomic E-state index is 0.0404. The van der Waals surface area contributed by atoms with Gasteiger partial charge < -0.3 is 5.11 Å². The van der Waals surface area contributed by atoms with Gasteiger partial charge in [-0.05, 0) is 35.6 Å². The second kappa shape index (κ2) is 6.88. The van der Waals surface area contributed by atoms with Gasteiger partial charge in [-0.1, -0.05) is 25.7 Å². The van der Waals surface area contributed by atoms with E-state index in [0.717, 1.165) is 25.2 Å². The van der Waals surface area contributed by atoms with Gasteiger partial charge in [-0.2, -0.15) is 0 Å². The highest BCUT2D eigenvalue weighted by Gasteiger charge is 2.25. The molecule has 0 amide bonds. The highest BCUT2D eigenvalue weighted by atomic mass is 19.1. The first kappa shape index (κ1) is 15.0. The van der Waals surface area contributed by atoms with Crippen molar-refractivity contribution in [3.63, 3.8) is 0 Å². The monoisotopic (exact) mass is 275 g/mol. The molecule has 1 aromatic rings. The third-order valence-corrected chi connectivity index (χ3v) is 3.90. The minimum Gasteiger partial charge on any atom is -0.395 e. The molecule has 1 aromatic carbocycles. The number of aliphatic hydroxyl groups excluding tert-OH is 1. The van der Waals surface area contributed by atoms with Gasteiger partial charge >= 0.3 is 0 Å². The van der Waals surface area contributed by atoms with Crippen molar-refractivity contribution in [2.75, 3.05) is 19.7 Å². The predicted octanol–water partition coefficient (Wildman–Crippen LogP) is 2.65. The van der Waals surface area contributed by atoms with E-state index in [0.29, 0.717) is 23.8 Å². The van der Waals surface area contributed by atoms with Crippen LogP contribution in [0.5, 0.6) is 0 Å². The molecular formula is C17H22FNO. The molecule has 1 fully saturated rings. The van der Waals surface area contributed by atoms with Crippen LogP contribution in [0.4, 0.5) is 4.39 Å². The van der Waals surface area contributed by atoms with Gasteiger partial charge in [0.2, 0.25) is 0 Å². The number of hydrogen-bond donors (Lipinski definition) is 1. The predicted molar refractivity (Wildman–Crippen MR) is 78.6 cm³/mol. The fourth-order valence-corrected chi connectivity index (χ4v) is 2.67. The van der Waals surface area contributed by atoms with E-state index in [1.54, 1.807) is 6.07 Å². The van der Waals surface area contributed by atoms with Gasteiger partial charge in [0, 0.05) is 31.6 Å². The van der Waals surface area contributed by atoms with E-state index in [4.69, 9.17) is 5.11 Å². The largest absolute Gasteiger partial charge is 0.395 e. The molecule has 20 heavy (non-hydrogen) atoms. The first-order valence-corrected chi connectivity index (χ1v) is 7.20. The molecule has 3 heteroatoms. The molecule has 0 aromatic heterocycles. The van der Waals surface area contributed by atoms with Gasteiger partial charge in [-0.3, -0.25) is 4.90 Å². The molecule has 0 radical (unpaired) electrons. The van der Waals surface area contributed by atoms with Crippen molar-refractivity contribution in [3.05, 3.63) is 35.1 Å². The quantitative estimate of drug-likeness (QED) is 0.857. The summed E-state index contributed by atoms with van der Waals surface area (Å²) in [4.78, 5) is 2.37. The molecule has 1 aliphatic rings. The van der Waals surface area contributed by atoms with Crippen LogP contribution in [0.25, 0.3) is 0 Å². The number of aliphatic hydroxyl groups is 1. The van der Waals surface area contributed by atoms with Crippen LogP contribution in [-0.2, 0) is 6.54 Å². The average Bonchev–Trinajstić information content (AvgIpc) is 2.68. The molecule has 1 saturated heterocycles. The number of likely N-dealkylation sites (tertiary alicyclic amines) is 1. The number of rotatable bonds is 3. The van der Waals surface area contributed by atoms with Crippen LogP contribution < -0.4 is 0 Å². The third-order valence-electron chi connectivity index (χ3n) is 3.90. The average molecular weight is 275 g/mol. The first-order chi connectivity index (χ1) is 9.58. The maximum atomic E-state index is 13.6. The maximum absolute atomic E-state index is 13.6. The Morgan fingerprint density at radius 3 is 2.60 bits per heavy atom. The lowest BCUT2D eigenvalue weighted by molar-refractivity contribution is 0.305. The van der Waals surface area contributed by atoms with Crippen molar-refractivity contribution in [2.24, 2.45) is 11.8 Å². The summed E-state index contributed by atoms with van der Waals surface area (Å²) >= 11 is 0. The van der Waals surface area contributed by atoms with Gasteiger partial charge in [-0.25, -0.2) is 4.39 Å². The second-order valence-electron chi connectivity index (χ2n) is 5.77. The molecule has 2 nitrogen and oxygen atoms in total. The molecule has 0 bridgehead atoms. The zero-order valence-corrected chi connectivity index (χ0v) is 12.2. The van der Waals surface area contributed by atoms with Crippen LogP contribution >= 0.6 is 0 Å². The van der Waals surface area contributed by atoms with Crippen molar-refractivity contribution < 1.29 is 9.50 Å². The first-order valence-electron chi connectivity index (χ1n) is 7.20. The molecule has 108 valence electrons. The van der Waals surface area contributed by atoms with Gasteiger partial charge in [0.05, 0.1) is 6.61 Å². The minimum atomic E-state index is -0.240. The van der Waals surface area contributed by atoms with Crippen molar-refractivity contribution in [1.29, 1.82) is 0 Å². The normalized spacial score (nSPS) is 22.6. The fraction of sp³-hybridized carbons (Fsp3) is 0.529. The standard InChI is InChI=1S/C17H22FNO/c1-13-10-19(11-14(13)2)12-16-7-15(5-3-4-6-20)8-17(18)9-16/h7-9,13-14,20H,4,6,10-12H2,1-2H3. The zero-order chi connectivity index (χ0) is 14.5. The summed E-state index contributed by atoms with van der Waals surface area (Å²) in [6, 6.07) is 4.98. The Kier molecular flexibility index (Phi) is 5.17. The molecule has 0 aliphatic carbocycles. The molecular weight excluding hydrogens is 253 g/mol. The van der Waals surface area contributed by atoms with E-state index in [1.165, 1.54) is 6.07 Å². The number of halogens is 1. The van der Waals surface area contributed by atoms with E-state index in [1.807, 2.05) is 6.07 Å². The third kappa shape index (κ3) is 4.06. The van der Waals surface area contributed by atoms with Crippen LogP contribution in [0.1, 0.15) is 31.4 Å². The lowest BCUT2D eigenvalue weighted by Crippen LogP contribution is -2.20. The lowest BCUT2D eigenvalue weighted by Gasteiger charge is -2.15. The lowest BCUT2D eigenvalue weighted by atomic mass is 10.0. The molecule has 2 unspecified atom stereocenters. The Hall–Kier alpha value is -1.37. The Morgan fingerprint density at radius 1 is 1.25 bits per heavy atom. The van der Waals surface area contributed by atoms with Crippen LogP contribution in [0.2, 0.25) is 0 Å². The van der Waals surface area contributed by atoms with E-state index in [2.05, 4.69) is 30.6 Å². The van der Waals surface area contributed by atoms with Crippen molar-refractivity contribution in [1.82, 2.24) is 4.90 Å². The molecule has 1 aliphatic heterocycles. The summed E-state index contributed by atoms with van der Waals surface area (Å²) < 4.78 is 13.6. The second-order valence-corrected chi connectivity index (χ2v) is 5.77. The summed E-state index contributed by atoms with van der Waals surface area (Å²) in [6.45, 7) is 7.50. The van der Waals surface area contributed by atoms with Gasteiger partial charge in [0.1, 0.15) is 5.82 Å². The van der Waals surface area contributed by atoms with Crippen molar-refractivity contribution >= 4 is 0 Å². The number of nitrogens with zero attached hydrogens (tertiary/aromatic N) is 1. The van der Waals surface area contributed by atoms with Gasteiger partial charge in [-0.15, -0.1) is 0 Å². The fourth-order valence-electron chi connectivity index (χ4n) is 2.67. The van der Waals surface area contributed by atoms with Crippen molar-refractivity contribution in [3.8, 4) is 11.8 Å². The summed E-state index contributed by atoms with van der Waals surface area (Å²) in [5.41, 5.74) is 1.66.